The van der Waals surface area contributed by atoms with Gasteiger partial charge in [-0.3, -0.25) is 4.79 Å². The third kappa shape index (κ3) is 3.91. The molecule has 112 valence electrons. The molecule has 1 saturated heterocycles. The Morgan fingerprint density at radius 1 is 1.65 bits per heavy atom. The van der Waals surface area contributed by atoms with Crippen LogP contribution in [0.2, 0.25) is 0 Å². The predicted molar refractivity (Wildman–Crippen MR) is 79.8 cm³/mol. The normalized spacial score (nSPS) is 20.0. The van der Waals surface area contributed by atoms with E-state index >= 15 is 0 Å². The van der Waals surface area contributed by atoms with E-state index < -0.39 is 0 Å². The first-order valence-electron chi connectivity index (χ1n) is 6.94. The van der Waals surface area contributed by atoms with Crippen molar-refractivity contribution in [2.24, 2.45) is 5.92 Å². The summed E-state index contributed by atoms with van der Waals surface area (Å²) in [4.78, 5) is 18.9. The summed E-state index contributed by atoms with van der Waals surface area (Å²) in [6.45, 7) is 5.42. The van der Waals surface area contributed by atoms with Crippen molar-refractivity contribution < 1.29 is 9.90 Å². The number of nitrogen functional groups attached to an aromatic ring is 1. The second-order valence-corrected chi connectivity index (χ2v) is 6.24. The summed E-state index contributed by atoms with van der Waals surface area (Å²) in [5, 5.41) is 12.5. The van der Waals surface area contributed by atoms with Crippen LogP contribution < -0.4 is 11.1 Å². The molecular formula is C13H22N4O2S. The van der Waals surface area contributed by atoms with Crippen molar-refractivity contribution in [3.05, 3.63) is 10.6 Å². The number of nitrogens with two attached hydrogens (primary N) is 1. The number of aromatic nitrogens is 1. The summed E-state index contributed by atoms with van der Waals surface area (Å²) in [5.74, 6) is 0.274. The first-order valence-corrected chi connectivity index (χ1v) is 7.76. The molecule has 0 aliphatic carbocycles. The van der Waals surface area contributed by atoms with Gasteiger partial charge >= 0.3 is 0 Å². The Morgan fingerprint density at radius 3 is 3.10 bits per heavy atom. The van der Waals surface area contributed by atoms with Gasteiger partial charge in [-0.1, -0.05) is 11.3 Å². The van der Waals surface area contributed by atoms with Gasteiger partial charge in [0.05, 0.1) is 5.69 Å². The second kappa shape index (κ2) is 7.01. The van der Waals surface area contributed by atoms with Crippen LogP contribution in [0.4, 0.5) is 5.13 Å². The smallest absolute Gasteiger partial charge is 0.263 e. The lowest BCUT2D eigenvalue weighted by Gasteiger charge is -2.31. The summed E-state index contributed by atoms with van der Waals surface area (Å²) in [7, 11) is 0. The minimum atomic E-state index is -0.104. The fourth-order valence-corrected chi connectivity index (χ4v) is 3.29. The molecule has 1 atom stereocenters. The van der Waals surface area contributed by atoms with Crippen molar-refractivity contribution in [3.63, 3.8) is 0 Å². The van der Waals surface area contributed by atoms with Crippen LogP contribution in [0.1, 0.15) is 28.2 Å². The van der Waals surface area contributed by atoms with Gasteiger partial charge in [0.2, 0.25) is 0 Å². The monoisotopic (exact) mass is 298 g/mol. The number of hydrogen-bond acceptors (Lipinski definition) is 6. The molecule has 4 N–H and O–H groups in total. The SMILES string of the molecule is Cc1nc(N)sc1C(=O)NCCN1CCC[C@@H](CO)C1. The van der Waals surface area contributed by atoms with E-state index in [0.717, 1.165) is 32.5 Å². The maximum Gasteiger partial charge on any atom is 0.263 e. The minimum absolute atomic E-state index is 0.104. The average molecular weight is 298 g/mol. The van der Waals surface area contributed by atoms with E-state index in [-0.39, 0.29) is 12.5 Å². The highest BCUT2D eigenvalue weighted by atomic mass is 32.1. The number of aryl methyl sites for hydroxylation is 1. The Kier molecular flexibility index (Phi) is 5.33. The number of carbonyl (C=O) groups is 1. The van der Waals surface area contributed by atoms with E-state index in [1.54, 1.807) is 6.92 Å². The van der Waals surface area contributed by atoms with Crippen molar-refractivity contribution in [1.82, 2.24) is 15.2 Å². The summed E-state index contributed by atoms with van der Waals surface area (Å²) in [6, 6.07) is 0. The molecule has 2 rings (SSSR count). The molecule has 1 fully saturated rings. The van der Waals surface area contributed by atoms with Gasteiger partial charge in [0.1, 0.15) is 4.88 Å². The number of rotatable bonds is 5. The quantitative estimate of drug-likeness (QED) is 0.735. The maximum absolute atomic E-state index is 12.0. The second-order valence-electron chi connectivity index (χ2n) is 5.21. The molecular weight excluding hydrogens is 276 g/mol. The van der Waals surface area contributed by atoms with E-state index in [9.17, 15) is 9.90 Å². The average Bonchev–Trinajstić information content (AvgIpc) is 2.78. The molecule has 0 aromatic carbocycles. The molecule has 1 aromatic heterocycles. The van der Waals surface area contributed by atoms with Gasteiger partial charge in [-0.2, -0.15) is 0 Å². The number of aliphatic hydroxyl groups excluding tert-OH is 1. The number of nitrogens with zero attached hydrogens (tertiary/aromatic N) is 2. The maximum atomic E-state index is 12.0. The largest absolute Gasteiger partial charge is 0.396 e. The third-order valence-corrected chi connectivity index (χ3v) is 4.58. The van der Waals surface area contributed by atoms with Crippen LogP contribution in [0, 0.1) is 12.8 Å². The Balaban J connectivity index is 1.75. The van der Waals surface area contributed by atoms with Crippen molar-refractivity contribution in [2.45, 2.75) is 19.8 Å². The molecule has 0 saturated carbocycles. The van der Waals surface area contributed by atoms with Crippen LogP contribution in [0.25, 0.3) is 0 Å². The summed E-state index contributed by atoms with van der Waals surface area (Å²) < 4.78 is 0. The number of aliphatic hydroxyl groups is 1. The van der Waals surface area contributed by atoms with Crippen molar-refractivity contribution in [2.75, 3.05) is 38.5 Å². The molecule has 2 heterocycles. The zero-order valence-corrected chi connectivity index (χ0v) is 12.6. The van der Waals surface area contributed by atoms with Crippen molar-refractivity contribution >= 4 is 22.4 Å². The first-order chi connectivity index (χ1) is 9.60. The molecule has 0 unspecified atom stereocenters. The Hall–Kier alpha value is -1.18. The van der Waals surface area contributed by atoms with Gasteiger partial charge in [0.25, 0.3) is 5.91 Å². The topological polar surface area (TPSA) is 91.5 Å². The number of carbonyl (C=O) groups excluding carboxylic acids is 1. The number of hydrogen-bond donors (Lipinski definition) is 3. The van der Waals surface area contributed by atoms with Crippen LogP contribution in [-0.2, 0) is 0 Å². The third-order valence-electron chi connectivity index (χ3n) is 3.59. The highest BCUT2D eigenvalue weighted by Crippen LogP contribution is 2.19. The van der Waals surface area contributed by atoms with Crippen LogP contribution in [0.5, 0.6) is 0 Å². The van der Waals surface area contributed by atoms with Gasteiger partial charge in [-0.15, -0.1) is 0 Å². The van der Waals surface area contributed by atoms with Crippen LogP contribution in [0.3, 0.4) is 0 Å². The summed E-state index contributed by atoms with van der Waals surface area (Å²) >= 11 is 1.22. The Bertz CT molecular complexity index is 463. The molecule has 1 aliphatic rings. The van der Waals surface area contributed by atoms with Crippen molar-refractivity contribution in [3.8, 4) is 0 Å². The van der Waals surface area contributed by atoms with Gasteiger partial charge < -0.3 is 21.1 Å². The molecule has 7 heteroatoms. The Morgan fingerprint density at radius 2 is 2.45 bits per heavy atom. The molecule has 1 amide bonds. The van der Waals surface area contributed by atoms with Gasteiger partial charge in [0.15, 0.2) is 5.13 Å². The van der Waals surface area contributed by atoms with E-state index in [4.69, 9.17) is 5.73 Å². The number of nitrogens with one attached hydrogen (secondary N) is 1. The molecule has 0 radical (unpaired) electrons. The van der Waals surface area contributed by atoms with Gasteiger partial charge in [-0.05, 0) is 32.2 Å². The molecule has 0 bridgehead atoms. The number of piperidine rings is 1. The zero-order chi connectivity index (χ0) is 14.5. The summed E-state index contributed by atoms with van der Waals surface area (Å²) in [5.41, 5.74) is 6.27. The fourth-order valence-electron chi connectivity index (χ4n) is 2.54. The van der Waals surface area contributed by atoms with E-state index in [1.807, 2.05) is 0 Å². The first kappa shape index (κ1) is 15.2. The van der Waals surface area contributed by atoms with Crippen LogP contribution in [-0.4, -0.2) is 53.7 Å². The number of likely N-dealkylation sites (tertiary alicyclic amines) is 1. The number of anilines is 1. The predicted octanol–water partition coefficient (Wildman–Crippen LogP) is 0.468. The van der Waals surface area contributed by atoms with Crippen molar-refractivity contribution in [1.29, 1.82) is 0 Å². The molecule has 6 nitrogen and oxygen atoms in total. The zero-order valence-electron chi connectivity index (χ0n) is 11.8. The lowest BCUT2D eigenvalue weighted by molar-refractivity contribution is 0.0934. The molecule has 20 heavy (non-hydrogen) atoms. The molecule has 0 spiro atoms. The summed E-state index contributed by atoms with van der Waals surface area (Å²) in [6.07, 6.45) is 2.21. The number of thiazole rings is 1. The fraction of sp³-hybridized carbons (Fsp3) is 0.692. The lowest BCUT2D eigenvalue weighted by atomic mass is 9.99. The highest BCUT2D eigenvalue weighted by molar-refractivity contribution is 7.17. The van der Waals surface area contributed by atoms with Crippen LogP contribution >= 0.6 is 11.3 Å². The minimum Gasteiger partial charge on any atom is -0.396 e. The van der Waals surface area contributed by atoms with Gasteiger partial charge in [-0.25, -0.2) is 4.98 Å². The van der Waals surface area contributed by atoms with E-state index in [0.29, 0.717) is 28.2 Å². The Labute approximate surface area is 123 Å². The molecule has 1 aromatic rings. The van der Waals surface area contributed by atoms with Crippen LogP contribution in [0.15, 0.2) is 0 Å². The standard InChI is InChI=1S/C13H22N4O2S/c1-9-11(20-13(14)16-9)12(19)15-4-6-17-5-2-3-10(7-17)8-18/h10,18H,2-8H2,1H3,(H2,14,16)(H,15,19)/t10-/m1/s1. The lowest BCUT2D eigenvalue weighted by Crippen LogP contribution is -2.41. The highest BCUT2D eigenvalue weighted by Gasteiger charge is 2.19. The van der Waals surface area contributed by atoms with E-state index in [1.165, 1.54) is 11.3 Å². The number of amides is 1. The van der Waals surface area contributed by atoms with E-state index in [2.05, 4.69) is 15.2 Å². The van der Waals surface area contributed by atoms with Gasteiger partial charge in [0, 0.05) is 26.2 Å². The molecule has 1 aliphatic heterocycles.